The molecule has 1 aromatic rings. The van der Waals surface area contributed by atoms with E-state index < -0.39 is 40.7 Å². The molecule has 1 saturated carbocycles. The van der Waals surface area contributed by atoms with Gasteiger partial charge in [-0.25, -0.2) is 4.79 Å². The fourth-order valence-electron chi connectivity index (χ4n) is 5.95. The monoisotopic (exact) mass is 573 g/mol. The quantitative estimate of drug-likeness (QED) is 0.590. The molecular formula is C26H31ClF3N3O6. The van der Waals surface area contributed by atoms with Gasteiger partial charge in [-0.2, -0.15) is 13.2 Å². The van der Waals surface area contributed by atoms with E-state index in [0.29, 0.717) is 19.5 Å². The number of ether oxygens (including phenoxy) is 2. The van der Waals surface area contributed by atoms with Crippen molar-refractivity contribution in [2.24, 2.45) is 5.41 Å². The molecule has 5 rings (SSSR count). The topological polar surface area (TPSA) is 99.6 Å². The van der Waals surface area contributed by atoms with Crippen LogP contribution in [0.15, 0.2) is 18.2 Å². The second-order valence-electron chi connectivity index (χ2n) is 11.2. The zero-order valence-electron chi connectivity index (χ0n) is 21.7. The molecule has 1 spiro atoms. The van der Waals surface area contributed by atoms with Crippen LogP contribution in [0.4, 0.5) is 18.0 Å². The van der Waals surface area contributed by atoms with Gasteiger partial charge in [-0.3, -0.25) is 14.5 Å². The average molecular weight is 574 g/mol. The van der Waals surface area contributed by atoms with E-state index in [2.05, 4.69) is 0 Å². The molecule has 3 amide bonds. The van der Waals surface area contributed by atoms with E-state index in [1.54, 1.807) is 16.7 Å². The van der Waals surface area contributed by atoms with E-state index >= 15 is 0 Å². The van der Waals surface area contributed by atoms with Gasteiger partial charge in [0.05, 0.1) is 35.9 Å². The first-order valence-electron chi connectivity index (χ1n) is 13.0. The number of hydrogen-bond donors (Lipinski definition) is 1. The number of benzene rings is 1. The number of aliphatic hydroxyl groups is 1. The number of rotatable bonds is 4. The van der Waals surface area contributed by atoms with E-state index in [-0.39, 0.29) is 48.6 Å². The van der Waals surface area contributed by atoms with Crippen LogP contribution >= 0.6 is 11.6 Å². The third-order valence-electron chi connectivity index (χ3n) is 8.59. The lowest BCUT2D eigenvalue weighted by molar-refractivity contribution is -0.169. The van der Waals surface area contributed by atoms with Crippen LogP contribution in [-0.4, -0.2) is 87.9 Å². The summed E-state index contributed by atoms with van der Waals surface area (Å²) in [6, 6.07) is 1.31. The van der Waals surface area contributed by atoms with Crippen LogP contribution in [0.1, 0.15) is 51.5 Å². The van der Waals surface area contributed by atoms with Gasteiger partial charge in [-0.1, -0.05) is 11.6 Å². The standard InChI is InChI=1S/C26H31ClF3N3O6/c1-15-22(36)33-16(3-6-21(35)31-10-9-25(7-8-25)20(34)12-31)13-38-24(33,2)14-32(15)23(37)39-17-4-5-18(19(27)11-17)26(28,29)30/h4-5,11,15-16,20,34H,3,6-10,12-14H2,1-2H3/t15-,16-,20+,24?/m0/s1. The summed E-state index contributed by atoms with van der Waals surface area (Å²) in [5, 5.41) is 9.80. The van der Waals surface area contributed by atoms with Crippen molar-refractivity contribution in [3.05, 3.63) is 28.8 Å². The molecule has 214 valence electrons. The molecule has 3 aliphatic heterocycles. The van der Waals surface area contributed by atoms with Crippen LogP contribution < -0.4 is 4.74 Å². The maximum absolute atomic E-state index is 13.4. The number of likely N-dealkylation sites (tertiary alicyclic amines) is 1. The molecule has 1 aliphatic carbocycles. The molecule has 3 heterocycles. The summed E-state index contributed by atoms with van der Waals surface area (Å²) in [4.78, 5) is 43.6. The number of nitrogens with zero attached hydrogens (tertiary/aromatic N) is 3. The Labute approximate surface area is 228 Å². The smallest absolute Gasteiger partial charge is 0.410 e. The van der Waals surface area contributed by atoms with Crippen LogP contribution in [0.25, 0.3) is 0 Å². The molecule has 39 heavy (non-hydrogen) atoms. The summed E-state index contributed by atoms with van der Waals surface area (Å²) >= 11 is 5.73. The molecular weight excluding hydrogens is 543 g/mol. The van der Waals surface area contributed by atoms with Gasteiger partial charge in [0.25, 0.3) is 0 Å². The fraction of sp³-hybridized carbons (Fsp3) is 0.654. The number of carbonyl (C=O) groups excluding carboxylic acids is 3. The molecule has 3 saturated heterocycles. The summed E-state index contributed by atoms with van der Waals surface area (Å²) in [6.07, 6.45) is -2.69. The van der Waals surface area contributed by atoms with Crippen LogP contribution in [0.3, 0.4) is 0 Å². The third-order valence-corrected chi connectivity index (χ3v) is 8.90. The Morgan fingerprint density at radius 1 is 1.26 bits per heavy atom. The van der Waals surface area contributed by atoms with Gasteiger partial charge in [-0.05, 0) is 57.1 Å². The first kappa shape index (κ1) is 28.0. The third kappa shape index (κ3) is 5.18. The van der Waals surface area contributed by atoms with Gasteiger partial charge in [0.2, 0.25) is 11.8 Å². The lowest BCUT2D eigenvalue weighted by Crippen LogP contribution is -2.67. The molecule has 1 unspecified atom stereocenters. The highest BCUT2D eigenvalue weighted by Crippen LogP contribution is 2.53. The van der Waals surface area contributed by atoms with Crippen molar-refractivity contribution in [1.29, 1.82) is 0 Å². The van der Waals surface area contributed by atoms with Crippen molar-refractivity contribution in [2.75, 3.05) is 26.2 Å². The van der Waals surface area contributed by atoms with E-state index in [0.717, 1.165) is 37.5 Å². The Morgan fingerprint density at radius 2 is 1.97 bits per heavy atom. The number of piperazine rings is 1. The number of fused-ring (bicyclic) bond motifs is 1. The Bertz CT molecular complexity index is 1180. The zero-order chi connectivity index (χ0) is 28.3. The van der Waals surface area contributed by atoms with Gasteiger partial charge in [0.1, 0.15) is 11.8 Å². The largest absolute Gasteiger partial charge is 0.417 e. The lowest BCUT2D eigenvalue weighted by atomic mass is 9.90. The van der Waals surface area contributed by atoms with Crippen molar-refractivity contribution < 1.29 is 42.1 Å². The summed E-state index contributed by atoms with van der Waals surface area (Å²) in [5.41, 5.74) is -2.21. The van der Waals surface area contributed by atoms with Gasteiger partial charge in [0, 0.05) is 25.6 Å². The van der Waals surface area contributed by atoms with Gasteiger partial charge >= 0.3 is 12.3 Å². The first-order chi connectivity index (χ1) is 18.2. The highest BCUT2D eigenvalue weighted by atomic mass is 35.5. The number of carbonyl (C=O) groups is 3. The van der Waals surface area contributed by atoms with Crippen LogP contribution in [-0.2, 0) is 20.5 Å². The second-order valence-corrected chi connectivity index (χ2v) is 11.6. The van der Waals surface area contributed by atoms with E-state index in [1.165, 1.54) is 11.8 Å². The zero-order valence-corrected chi connectivity index (χ0v) is 22.4. The average Bonchev–Trinajstić information content (AvgIpc) is 3.56. The van der Waals surface area contributed by atoms with Crippen molar-refractivity contribution >= 4 is 29.5 Å². The predicted molar refractivity (Wildman–Crippen MR) is 132 cm³/mol. The van der Waals surface area contributed by atoms with Gasteiger partial charge in [0.15, 0.2) is 5.72 Å². The van der Waals surface area contributed by atoms with Crippen LogP contribution in [0, 0.1) is 5.41 Å². The Balaban J connectivity index is 1.20. The Kier molecular flexibility index (Phi) is 7.04. The molecule has 13 heteroatoms. The maximum atomic E-state index is 13.4. The number of β-amino-alcohol motifs (C(OH)–C–C–N with tert-alkyl or cyclic N) is 1. The summed E-state index contributed by atoms with van der Waals surface area (Å²) < 4.78 is 50.1. The minimum atomic E-state index is -4.65. The highest BCUT2D eigenvalue weighted by molar-refractivity contribution is 6.31. The Hall–Kier alpha value is -2.57. The molecule has 1 N–H and O–H groups in total. The number of amides is 3. The SMILES string of the molecule is C[C@H]1C(=O)N2[C@@H](CCC(=O)N3CCC4(CC4)[C@H](O)C3)COC2(C)CN1C(=O)Oc1ccc(C(F)(F)F)c(Cl)c1. The molecule has 1 aromatic carbocycles. The molecule has 0 aromatic heterocycles. The van der Waals surface area contributed by atoms with Crippen molar-refractivity contribution in [3.63, 3.8) is 0 Å². The molecule has 4 aliphatic rings. The molecule has 9 nitrogen and oxygen atoms in total. The second kappa shape index (κ2) is 9.81. The van der Waals surface area contributed by atoms with Crippen LogP contribution in [0.2, 0.25) is 5.02 Å². The number of piperidine rings is 1. The van der Waals surface area contributed by atoms with Crippen LogP contribution in [0.5, 0.6) is 5.75 Å². The normalized spacial score (nSPS) is 30.0. The van der Waals surface area contributed by atoms with E-state index in [9.17, 15) is 32.7 Å². The predicted octanol–water partition coefficient (Wildman–Crippen LogP) is 3.66. The molecule has 0 radical (unpaired) electrons. The molecule has 4 atom stereocenters. The molecule has 0 bridgehead atoms. The lowest BCUT2D eigenvalue weighted by Gasteiger charge is -2.47. The van der Waals surface area contributed by atoms with Crippen molar-refractivity contribution in [3.8, 4) is 5.75 Å². The minimum absolute atomic E-state index is 0.0000465. The molecule has 4 fully saturated rings. The summed E-state index contributed by atoms with van der Waals surface area (Å²) in [7, 11) is 0. The minimum Gasteiger partial charge on any atom is -0.410 e. The van der Waals surface area contributed by atoms with Crippen molar-refractivity contribution in [1.82, 2.24) is 14.7 Å². The van der Waals surface area contributed by atoms with Gasteiger partial charge < -0.3 is 24.4 Å². The van der Waals surface area contributed by atoms with Crippen molar-refractivity contribution in [2.45, 2.75) is 76.0 Å². The highest BCUT2D eigenvalue weighted by Gasteiger charge is 2.55. The number of alkyl halides is 3. The van der Waals surface area contributed by atoms with Gasteiger partial charge in [-0.15, -0.1) is 0 Å². The number of halogens is 4. The summed E-state index contributed by atoms with van der Waals surface area (Å²) in [6.45, 7) is 4.31. The first-order valence-corrected chi connectivity index (χ1v) is 13.4. The maximum Gasteiger partial charge on any atom is 0.417 e. The number of aliphatic hydroxyl groups excluding tert-OH is 1. The van der Waals surface area contributed by atoms with E-state index in [1.807, 2.05) is 0 Å². The number of hydrogen-bond acceptors (Lipinski definition) is 6. The van der Waals surface area contributed by atoms with E-state index in [4.69, 9.17) is 21.1 Å². The fourth-order valence-corrected chi connectivity index (χ4v) is 6.23. The summed E-state index contributed by atoms with van der Waals surface area (Å²) in [5.74, 6) is -0.648. The Morgan fingerprint density at radius 3 is 2.59 bits per heavy atom.